The molecule has 1 N–H and O–H groups in total. The van der Waals surface area contributed by atoms with Gasteiger partial charge in [0.25, 0.3) is 11.8 Å². The van der Waals surface area contributed by atoms with Crippen molar-refractivity contribution in [3.63, 3.8) is 0 Å². The minimum absolute atomic E-state index is 0.233. The molecule has 1 atom stereocenters. The maximum Gasteiger partial charge on any atom is 0.328 e. The zero-order valence-corrected chi connectivity index (χ0v) is 11.3. The number of carboxylic acid groups (broad SMARTS) is 1. The van der Waals surface area contributed by atoms with Crippen molar-refractivity contribution in [2.75, 3.05) is 0 Å². The van der Waals surface area contributed by atoms with Crippen molar-refractivity contribution in [2.45, 2.75) is 24.6 Å². The van der Waals surface area contributed by atoms with Gasteiger partial charge in [0.15, 0.2) is 6.04 Å². The summed E-state index contributed by atoms with van der Waals surface area (Å²) in [5.74, 6) is -2.43. The molecule has 0 saturated carbocycles. The molecule has 6 heteroatoms. The summed E-state index contributed by atoms with van der Waals surface area (Å²) in [6.07, 6.45) is 0. The lowest BCUT2D eigenvalue weighted by Crippen LogP contribution is -2.54. The average Bonchev–Trinajstić information content (AvgIpc) is 2.53. The van der Waals surface area contributed by atoms with Crippen molar-refractivity contribution in [3.8, 4) is 0 Å². The van der Waals surface area contributed by atoms with E-state index in [2.05, 4.69) is 12.6 Å². The highest BCUT2D eigenvalue weighted by Crippen LogP contribution is 2.31. The summed E-state index contributed by atoms with van der Waals surface area (Å²) in [5, 5.41) is 9.29. The van der Waals surface area contributed by atoms with Crippen LogP contribution in [-0.2, 0) is 4.79 Å². The van der Waals surface area contributed by atoms with Gasteiger partial charge < -0.3 is 5.11 Å². The van der Waals surface area contributed by atoms with Crippen molar-refractivity contribution < 1.29 is 19.5 Å². The first-order valence-corrected chi connectivity index (χ1v) is 6.12. The lowest BCUT2D eigenvalue weighted by molar-refractivity contribution is -0.142. The lowest BCUT2D eigenvalue weighted by atomic mass is 10.0. The molecule has 0 saturated heterocycles. The molecule has 0 fully saturated rings. The summed E-state index contributed by atoms with van der Waals surface area (Å²) in [6.45, 7) is 3.11. The molecule has 1 aromatic rings. The molecule has 5 nitrogen and oxygen atoms in total. The molecule has 1 aliphatic rings. The summed E-state index contributed by atoms with van der Waals surface area (Å²) in [5.41, 5.74) is 0.465. The number of thiol groups is 1. The summed E-state index contributed by atoms with van der Waals surface area (Å²) in [6, 6.07) is 4.98. The van der Waals surface area contributed by atoms with Crippen LogP contribution in [0, 0.1) is 0 Å². The van der Waals surface area contributed by atoms with Crippen LogP contribution >= 0.6 is 12.6 Å². The van der Waals surface area contributed by atoms with Crippen molar-refractivity contribution >= 4 is 30.4 Å². The fourth-order valence-corrected chi connectivity index (χ4v) is 2.40. The average molecular weight is 279 g/mol. The molecule has 1 aliphatic heterocycles. The maximum atomic E-state index is 12.2. The number of imide groups is 1. The van der Waals surface area contributed by atoms with E-state index in [0.717, 1.165) is 4.90 Å². The molecule has 0 aromatic heterocycles. The van der Waals surface area contributed by atoms with Crippen LogP contribution in [0.5, 0.6) is 0 Å². The van der Waals surface area contributed by atoms with Crippen LogP contribution < -0.4 is 0 Å². The fraction of sp³-hybridized carbons (Fsp3) is 0.308. The molecule has 0 spiro atoms. The molecule has 0 bridgehead atoms. The molecule has 2 amide bonds. The number of aliphatic carboxylic acids is 1. The Bertz CT molecular complexity index is 541. The van der Waals surface area contributed by atoms with E-state index in [1.807, 2.05) is 0 Å². The Balaban J connectivity index is 2.52. The van der Waals surface area contributed by atoms with E-state index >= 15 is 0 Å². The number of amides is 2. The van der Waals surface area contributed by atoms with Gasteiger partial charge in [-0.1, -0.05) is 12.1 Å². The summed E-state index contributed by atoms with van der Waals surface area (Å²) in [4.78, 5) is 36.6. The van der Waals surface area contributed by atoms with Gasteiger partial charge in [-0.15, -0.1) is 0 Å². The normalized spacial score (nSPS) is 16.5. The summed E-state index contributed by atoms with van der Waals surface area (Å²) >= 11 is 4.20. The van der Waals surface area contributed by atoms with Gasteiger partial charge in [-0.3, -0.25) is 14.5 Å². The monoisotopic (exact) mass is 279 g/mol. The number of carboxylic acids is 1. The molecule has 0 unspecified atom stereocenters. The van der Waals surface area contributed by atoms with Gasteiger partial charge >= 0.3 is 5.97 Å². The number of carbonyl (C=O) groups is 3. The third-order valence-corrected chi connectivity index (χ3v) is 3.23. The second kappa shape index (κ2) is 4.38. The first-order valence-electron chi connectivity index (χ1n) is 5.67. The SMILES string of the molecule is CC(C)(S)[C@@H](C(=O)O)N1C(=O)c2ccccc2C1=O. The van der Waals surface area contributed by atoms with Gasteiger partial charge in [0.2, 0.25) is 0 Å². The van der Waals surface area contributed by atoms with E-state index in [4.69, 9.17) is 0 Å². The van der Waals surface area contributed by atoms with E-state index in [0.29, 0.717) is 0 Å². The van der Waals surface area contributed by atoms with E-state index in [1.165, 1.54) is 12.1 Å². The standard InChI is InChI=1S/C13H13NO4S/c1-13(2,19)9(12(17)18)14-10(15)7-5-3-4-6-8(7)11(14)16/h3-6,9,19H,1-2H3,(H,17,18)/t9-/m1/s1. The molecule has 1 aromatic carbocycles. The number of fused-ring (bicyclic) bond motifs is 1. The van der Waals surface area contributed by atoms with Crippen molar-refractivity contribution in [1.29, 1.82) is 0 Å². The van der Waals surface area contributed by atoms with E-state index in [1.54, 1.807) is 26.0 Å². The molecule has 19 heavy (non-hydrogen) atoms. The highest BCUT2D eigenvalue weighted by atomic mass is 32.1. The van der Waals surface area contributed by atoms with Crippen LogP contribution in [-0.4, -0.2) is 38.6 Å². The van der Waals surface area contributed by atoms with Gasteiger partial charge in [-0.05, 0) is 26.0 Å². The smallest absolute Gasteiger partial charge is 0.328 e. The van der Waals surface area contributed by atoms with Crippen LogP contribution in [0.4, 0.5) is 0 Å². The van der Waals surface area contributed by atoms with Gasteiger partial charge in [-0.25, -0.2) is 4.79 Å². The van der Waals surface area contributed by atoms with Crippen LogP contribution in [0.15, 0.2) is 24.3 Å². The number of hydrogen-bond acceptors (Lipinski definition) is 4. The van der Waals surface area contributed by atoms with Crippen LogP contribution in [0.2, 0.25) is 0 Å². The summed E-state index contributed by atoms with van der Waals surface area (Å²) < 4.78 is -1.04. The predicted octanol–water partition coefficient (Wildman–Crippen LogP) is 1.44. The van der Waals surface area contributed by atoms with Crippen molar-refractivity contribution in [1.82, 2.24) is 4.90 Å². The first kappa shape index (κ1) is 13.6. The molecular weight excluding hydrogens is 266 g/mol. The number of rotatable bonds is 3. The molecule has 100 valence electrons. The lowest BCUT2D eigenvalue weighted by Gasteiger charge is -2.32. The highest BCUT2D eigenvalue weighted by Gasteiger charge is 2.48. The van der Waals surface area contributed by atoms with Crippen LogP contribution in [0.1, 0.15) is 34.6 Å². The number of carbonyl (C=O) groups excluding carboxylic acids is 2. The third-order valence-electron chi connectivity index (χ3n) is 2.99. The zero-order valence-electron chi connectivity index (χ0n) is 10.5. The largest absolute Gasteiger partial charge is 0.480 e. The Kier molecular flexibility index (Phi) is 3.14. The van der Waals surface area contributed by atoms with Crippen LogP contribution in [0.3, 0.4) is 0 Å². The molecular formula is C13H13NO4S. The van der Waals surface area contributed by atoms with Crippen LogP contribution in [0.25, 0.3) is 0 Å². The number of benzene rings is 1. The van der Waals surface area contributed by atoms with Gasteiger partial charge in [-0.2, -0.15) is 12.6 Å². The zero-order chi connectivity index (χ0) is 14.4. The Labute approximate surface area is 115 Å². The Morgan fingerprint density at radius 2 is 1.63 bits per heavy atom. The van der Waals surface area contributed by atoms with Crippen molar-refractivity contribution in [3.05, 3.63) is 35.4 Å². The fourth-order valence-electron chi connectivity index (χ4n) is 2.17. The quantitative estimate of drug-likeness (QED) is 0.648. The molecule has 1 heterocycles. The Morgan fingerprint density at radius 3 is 1.95 bits per heavy atom. The molecule has 0 aliphatic carbocycles. The number of nitrogens with zero attached hydrogens (tertiary/aromatic N) is 1. The van der Waals surface area contributed by atoms with Crippen molar-refractivity contribution in [2.24, 2.45) is 0 Å². The van der Waals surface area contributed by atoms with E-state index < -0.39 is 28.6 Å². The predicted molar refractivity (Wildman–Crippen MR) is 71.4 cm³/mol. The molecule has 0 radical (unpaired) electrons. The third kappa shape index (κ3) is 2.12. The minimum Gasteiger partial charge on any atom is -0.480 e. The Morgan fingerprint density at radius 1 is 1.21 bits per heavy atom. The summed E-state index contributed by atoms with van der Waals surface area (Å²) in [7, 11) is 0. The topological polar surface area (TPSA) is 74.7 Å². The minimum atomic E-state index is -1.32. The highest BCUT2D eigenvalue weighted by molar-refractivity contribution is 7.81. The maximum absolute atomic E-state index is 12.2. The number of hydrogen-bond donors (Lipinski definition) is 2. The Hall–Kier alpha value is -1.82. The van der Waals surface area contributed by atoms with Gasteiger partial charge in [0.1, 0.15) is 0 Å². The van der Waals surface area contributed by atoms with Gasteiger partial charge in [0, 0.05) is 4.75 Å². The first-order chi connectivity index (χ1) is 8.75. The van der Waals surface area contributed by atoms with E-state index in [-0.39, 0.29) is 11.1 Å². The molecule has 2 rings (SSSR count). The second-order valence-corrected chi connectivity index (χ2v) is 6.07. The van der Waals surface area contributed by atoms with E-state index in [9.17, 15) is 19.5 Å². The van der Waals surface area contributed by atoms with Gasteiger partial charge in [0.05, 0.1) is 11.1 Å². The second-order valence-electron chi connectivity index (χ2n) is 4.92.